The van der Waals surface area contributed by atoms with Crippen LogP contribution in [0.25, 0.3) is 0 Å². The second-order valence-electron chi connectivity index (χ2n) is 4.95. The Labute approximate surface area is 124 Å². The maximum atomic E-state index is 11.9. The van der Waals surface area contributed by atoms with Crippen molar-refractivity contribution in [2.24, 2.45) is 0 Å². The SMILES string of the molecule is N#Cc1ccccc1NC(=O)CCN1CCS(=O)(=O)CC1. The van der Waals surface area contributed by atoms with E-state index in [1.54, 1.807) is 24.3 Å². The topological polar surface area (TPSA) is 90.3 Å². The molecule has 1 saturated heterocycles. The van der Waals surface area contributed by atoms with Gasteiger partial charge in [-0.3, -0.25) is 4.79 Å². The quantitative estimate of drug-likeness (QED) is 0.880. The number of amides is 1. The number of nitrogens with zero attached hydrogens (tertiary/aromatic N) is 2. The van der Waals surface area contributed by atoms with Crippen LogP contribution in [0, 0.1) is 11.3 Å². The van der Waals surface area contributed by atoms with Crippen molar-refractivity contribution in [2.75, 3.05) is 36.5 Å². The summed E-state index contributed by atoms with van der Waals surface area (Å²) in [6.07, 6.45) is 0.278. The Balaban J connectivity index is 1.82. The van der Waals surface area contributed by atoms with Crippen LogP contribution in [0.2, 0.25) is 0 Å². The molecule has 6 nitrogen and oxygen atoms in total. The van der Waals surface area contributed by atoms with E-state index in [0.29, 0.717) is 30.9 Å². The van der Waals surface area contributed by atoms with Crippen LogP contribution in [-0.2, 0) is 14.6 Å². The van der Waals surface area contributed by atoms with E-state index < -0.39 is 9.84 Å². The summed E-state index contributed by atoms with van der Waals surface area (Å²) in [4.78, 5) is 13.9. The lowest BCUT2D eigenvalue weighted by Gasteiger charge is -2.26. The van der Waals surface area contributed by atoms with Crippen LogP contribution in [0.1, 0.15) is 12.0 Å². The van der Waals surface area contributed by atoms with E-state index >= 15 is 0 Å². The number of benzene rings is 1. The molecule has 1 aliphatic rings. The minimum atomic E-state index is -2.89. The van der Waals surface area contributed by atoms with Gasteiger partial charge in [0.15, 0.2) is 9.84 Å². The van der Waals surface area contributed by atoms with Gasteiger partial charge in [-0.1, -0.05) is 12.1 Å². The van der Waals surface area contributed by atoms with E-state index in [1.807, 2.05) is 11.0 Å². The number of rotatable bonds is 4. The van der Waals surface area contributed by atoms with Gasteiger partial charge in [-0.05, 0) is 12.1 Å². The van der Waals surface area contributed by atoms with Crippen LogP contribution in [0.15, 0.2) is 24.3 Å². The van der Waals surface area contributed by atoms with Crippen molar-refractivity contribution in [1.29, 1.82) is 5.26 Å². The van der Waals surface area contributed by atoms with E-state index in [0.717, 1.165) is 0 Å². The molecule has 0 atom stereocenters. The number of carbonyl (C=O) groups is 1. The van der Waals surface area contributed by atoms with Gasteiger partial charge in [0.25, 0.3) is 0 Å². The van der Waals surface area contributed by atoms with Gasteiger partial charge in [-0.15, -0.1) is 0 Å². The van der Waals surface area contributed by atoms with Gasteiger partial charge in [-0.2, -0.15) is 5.26 Å². The number of hydrogen-bond acceptors (Lipinski definition) is 5. The lowest BCUT2D eigenvalue weighted by molar-refractivity contribution is -0.116. The largest absolute Gasteiger partial charge is 0.325 e. The van der Waals surface area contributed by atoms with Crippen molar-refractivity contribution in [3.63, 3.8) is 0 Å². The van der Waals surface area contributed by atoms with Gasteiger partial charge in [0.2, 0.25) is 5.91 Å². The first-order valence-corrected chi connectivity index (χ1v) is 8.54. The Kier molecular flexibility index (Phi) is 4.94. The molecule has 1 aromatic carbocycles. The summed E-state index contributed by atoms with van der Waals surface area (Å²) in [5.74, 6) is 0.142. The highest BCUT2D eigenvalue weighted by Gasteiger charge is 2.21. The van der Waals surface area contributed by atoms with Crippen LogP contribution in [0.5, 0.6) is 0 Å². The van der Waals surface area contributed by atoms with Crippen molar-refractivity contribution < 1.29 is 13.2 Å². The first-order valence-electron chi connectivity index (χ1n) is 6.72. The van der Waals surface area contributed by atoms with Gasteiger partial charge >= 0.3 is 0 Å². The second kappa shape index (κ2) is 6.70. The van der Waals surface area contributed by atoms with Gasteiger partial charge in [0, 0.05) is 26.1 Å². The molecule has 1 aliphatic heterocycles. The number of para-hydroxylation sites is 1. The molecular weight excluding hydrogens is 290 g/mol. The number of nitrogens with one attached hydrogen (secondary N) is 1. The normalized spacial score (nSPS) is 17.9. The molecule has 0 saturated carbocycles. The molecule has 1 amide bonds. The van der Waals surface area contributed by atoms with Crippen LogP contribution in [0.3, 0.4) is 0 Å². The van der Waals surface area contributed by atoms with Crippen LogP contribution in [-0.4, -0.2) is 50.4 Å². The molecule has 0 bridgehead atoms. The Morgan fingerprint density at radius 2 is 1.95 bits per heavy atom. The molecule has 0 radical (unpaired) electrons. The number of carbonyl (C=O) groups excluding carboxylic acids is 1. The van der Waals surface area contributed by atoms with Gasteiger partial charge in [-0.25, -0.2) is 8.42 Å². The van der Waals surface area contributed by atoms with Crippen molar-refractivity contribution >= 4 is 21.4 Å². The zero-order valence-electron chi connectivity index (χ0n) is 11.6. The highest BCUT2D eigenvalue weighted by Crippen LogP contribution is 2.14. The lowest BCUT2D eigenvalue weighted by Crippen LogP contribution is -2.41. The molecule has 7 heteroatoms. The summed E-state index contributed by atoms with van der Waals surface area (Å²) >= 11 is 0. The van der Waals surface area contributed by atoms with Crippen LogP contribution < -0.4 is 5.32 Å². The zero-order valence-corrected chi connectivity index (χ0v) is 12.4. The number of nitriles is 1. The Morgan fingerprint density at radius 1 is 1.29 bits per heavy atom. The number of hydrogen-bond donors (Lipinski definition) is 1. The Bertz CT molecular complexity index is 650. The predicted octanol–water partition coefficient (Wildman–Crippen LogP) is 0.617. The second-order valence-corrected chi connectivity index (χ2v) is 7.25. The third kappa shape index (κ3) is 4.55. The minimum Gasteiger partial charge on any atom is -0.325 e. The standard InChI is InChI=1S/C14H17N3O3S/c15-11-12-3-1-2-4-13(12)16-14(18)5-6-17-7-9-21(19,20)10-8-17/h1-4H,5-10H2,(H,16,18). The maximum Gasteiger partial charge on any atom is 0.225 e. The molecule has 1 N–H and O–H groups in total. The zero-order chi connectivity index (χ0) is 15.3. The smallest absolute Gasteiger partial charge is 0.225 e. The summed E-state index contributed by atoms with van der Waals surface area (Å²) in [6, 6.07) is 8.85. The summed E-state index contributed by atoms with van der Waals surface area (Å²) in [5.41, 5.74) is 0.932. The fourth-order valence-electron chi connectivity index (χ4n) is 2.14. The van der Waals surface area contributed by atoms with Crippen LogP contribution >= 0.6 is 0 Å². The number of anilines is 1. The van der Waals surface area contributed by atoms with E-state index in [9.17, 15) is 13.2 Å². The fourth-order valence-corrected chi connectivity index (χ4v) is 3.41. The molecule has 0 unspecified atom stereocenters. The lowest BCUT2D eigenvalue weighted by atomic mass is 10.2. The molecule has 1 fully saturated rings. The summed E-state index contributed by atoms with van der Waals surface area (Å²) < 4.78 is 22.6. The first kappa shape index (κ1) is 15.5. The van der Waals surface area contributed by atoms with E-state index in [4.69, 9.17) is 5.26 Å². The Hall–Kier alpha value is -1.91. The van der Waals surface area contributed by atoms with Crippen molar-refractivity contribution in [2.45, 2.75) is 6.42 Å². The predicted molar refractivity (Wildman–Crippen MR) is 79.5 cm³/mol. The third-order valence-electron chi connectivity index (χ3n) is 3.41. The Morgan fingerprint density at radius 3 is 2.62 bits per heavy atom. The average Bonchev–Trinajstić information content (AvgIpc) is 2.47. The fraction of sp³-hybridized carbons (Fsp3) is 0.429. The average molecular weight is 307 g/mol. The summed E-state index contributed by atoms with van der Waals surface area (Å²) in [7, 11) is -2.89. The molecule has 112 valence electrons. The molecule has 1 aromatic rings. The number of sulfone groups is 1. The minimum absolute atomic E-state index is 0.159. The van der Waals surface area contributed by atoms with Gasteiger partial charge < -0.3 is 10.2 Å². The molecular formula is C14H17N3O3S. The molecule has 2 rings (SSSR count). The molecule has 0 aliphatic carbocycles. The van der Waals surface area contributed by atoms with Gasteiger partial charge in [0.1, 0.15) is 6.07 Å². The summed E-state index contributed by atoms with van der Waals surface area (Å²) in [6.45, 7) is 1.48. The van der Waals surface area contributed by atoms with E-state index in [1.165, 1.54) is 0 Å². The molecule has 0 aromatic heterocycles. The van der Waals surface area contributed by atoms with Crippen LogP contribution in [0.4, 0.5) is 5.69 Å². The highest BCUT2D eigenvalue weighted by molar-refractivity contribution is 7.91. The molecule has 1 heterocycles. The third-order valence-corrected chi connectivity index (χ3v) is 5.02. The van der Waals surface area contributed by atoms with Crippen molar-refractivity contribution in [3.8, 4) is 6.07 Å². The summed E-state index contributed by atoms with van der Waals surface area (Å²) in [5, 5.41) is 11.7. The van der Waals surface area contributed by atoms with Gasteiger partial charge in [0.05, 0.1) is 22.8 Å². The first-order chi connectivity index (χ1) is 10.00. The van der Waals surface area contributed by atoms with Crippen molar-refractivity contribution in [1.82, 2.24) is 4.90 Å². The van der Waals surface area contributed by atoms with E-state index in [-0.39, 0.29) is 23.8 Å². The molecule has 0 spiro atoms. The maximum absolute atomic E-state index is 11.9. The monoisotopic (exact) mass is 307 g/mol. The molecule has 21 heavy (non-hydrogen) atoms. The van der Waals surface area contributed by atoms with Crippen molar-refractivity contribution in [3.05, 3.63) is 29.8 Å². The van der Waals surface area contributed by atoms with E-state index in [2.05, 4.69) is 5.32 Å². The highest BCUT2D eigenvalue weighted by atomic mass is 32.2.